The highest BCUT2D eigenvalue weighted by atomic mass is 32.2. The molecule has 1 N–H and O–H groups in total. The first-order chi connectivity index (χ1) is 11.0. The quantitative estimate of drug-likeness (QED) is 0.844. The van der Waals surface area contributed by atoms with Crippen LogP contribution < -0.4 is 5.32 Å². The number of anilines is 1. The molecule has 0 fully saturated rings. The van der Waals surface area contributed by atoms with Crippen LogP contribution in [0.4, 0.5) is 5.69 Å². The second-order valence-corrected chi connectivity index (χ2v) is 7.58. The third kappa shape index (κ3) is 5.87. The molecule has 0 saturated heterocycles. The fourth-order valence-corrected chi connectivity index (χ4v) is 3.81. The van der Waals surface area contributed by atoms with Gasteiger partial charge in [0.25, 0.3) is 0 Å². The van der Waals surface area contributed by atoms with Gasteiger partial charge >= 0.3 is 0 Å². The lowest BCUT2D eigenvalue weighted by atomic mass is 10.2. The number of benzene rings is 2. The van der Waals surface area contributed by atoms with Crippen molar-refractivity contribution >= 4 is 21.4 Å². The molecular formula is C18H21NO3S. The van der Waals surface area contributed by atoms with E-state index >= 15 is 0 Å². The Labute approximate surface area is 137 Å². The molecule has 2 aromatic carbocycles. The Morgan fingerprint density at radius 3 is 2.30 bits per heavy atom. The van der Waals surface area contributed by atoms with Crippen LogP contribution in [-0.4, -0.2) is 14.3 Å². The number of nitrogens with one attached hydrogen (secondary N) is 1. The fourth-order valence-electron chi connectivity index (χ4n) is 2.32. The van der Waals surface area contributed by atoms with E-state index in [1.165, 1.54) is 0 Å². The minimum atomic E-state index is -3.26. The van der Waals surface area contributed by atoms with Gasteiger partial charge in [-0.2, -0.15) is 0 Å². The summed E-state index contributed by atoms with van der Waals surface area (Å²) in [5.41, 5.74) is 2.09. The number of amides is 1. The standard InChI is InChI=1S/C18H21NO3S/c1-2-7-18(20)19-17-11-6-10-16(12-17)14-23(21,22)13-15-8-4-3-5-9-15/h3-6,8-12H,2,7,13-14H2,1H3,(H,19,20). The van der Waals surface area contributed by atoms with Crippen LogP contribution in [0.15, 0.2) is 54.6 Å². The van der Waals surface area contributed by atoms with E-state index in [0.29, 0.717) is 17.7 Å². The van der Waals surface area contributed by atoms with Gasteiger partial charge in [-0.1, -0.05) is 49.4 Å². The van der Waals surface area contributed by atoms with Crippen LogP contribution in [0.1, 0.15) is 30.9 Å². The summed E-state index contributed by atoms with van der Waals surface area (Å²) in [6.07, 6.45) is 1.23. The molecule has 0 bridgehead atoms. The number of rotatable bonds is 7. The molecule has 2 aromatic rings. The molecule has 0 saturated carbocycles. The van der Waals surface area contributed by atoms with Crippen molar-refractivity contribution in [1.82, 2.24) is 0 Å². The minimum Gasteiger partial charge on any atom is -0.326 e. The van der Waals surface area contributed by atoms with Gasteiger partial charge in [0.2, 0.25) is 5.91 Å². The van der Waals surface area contributed by atoms with Gasteiger partial charge in [0, 0.05) is 12.1 Å². The molecule has 5 heteroatoms. The van der Waals surface area contributed by atoms with E-state index in [9.17, 15) is 13.2 Å². The number of hydrogen-bond donors (Lipinski definition) is 1. The summed E-state index contributed by atoms with van der Waals surface area (Å²) in [4.78, 5) is 11.6. The topological polar surface area (TPSA) is 63.2 Å². The van der Waals surface area contributed by atoms with Gasteiger partial charge in [-0.3, -0.25) is 4.79 Å². The van der Waals surface area contributed by atoms with Gasteiger partial charge in [0.1, 0.15) is 0 Å². The summed E-state index contributed by atoms with van der Waals surface area (Å²) < 4.78 is 24.6. The van der Waals surface area contributed by atoms with Gasteiger partial charge in [-0.05, 0) is 29.7 Å². The number of sulfone groups is 1. The van der Waals surface area contributed by atoms with Crippen molar-refractivity contribution in [2.75, 3.05) is 5.32 Å². The summed E-state index contributed by atoms with van der Waals surface area (Å²) in [5, 5.41) is 2.78. The maximum atomic E-state index is 12.3. The zero-order valence-electron chi connectivity index (χ0n) is 13.2. The summed E-state index contributed by atoms with van der Waals surface area (Å²) in [6, 6.07) is 16.1. The average Bonchev–Trinajstić information content (AvgIpc) is 2.47. The molecule has 4 nitrogen and oxygen atoms in total. The molecule has 0 atom stereocenters. The van der Waals surface area contributed by atoms with Crippen molar-refractivity contribution in [1.29, 1.82) is 0 Å². The van der Waals surface area contributed by atoms with E-state index in [-0.39, 0.29) is 17.4 Å². The Morgan fingerprint density at radius 1 is 0.957 bits per heavy atom. The van der Waals surface area contributed by atoms with E-state index in [2.05, 4.69) is 5.32 Å². The lowest BCUT2D eigenvalue weighted by molar-refractivity contribution is -0.116. The van der Waals surface area contributed by atoms with Gasteiger partial charge in [0.05, 0.1) is 11.5 Å². The van der Waals surface area contributed by atoms with E-state index < -0.39 is 9.84 Å². The molecule has 122 valence electrons. The molecule has 1 amide bonds. The Hall–Kier alpha value is -2.14. The average molecular weight is 331 g/mol. The van der Waals surface area contributed by atoms with Crippen molar-refractivity contribution in [3.63, 3.8) is 0 Å². The van der Waals surface area contributed by atoms with E-state index in [1.54, 1.807) is 36.4 Å². The monoisotopic (exact) mass is 331 g/mol. The lowest BCUT2D eigenvalue weighted by Crippen LogP contribution is -2.11. The first-order valence-corrected chi connectivity index (χ1v) is 9.44. The maximum Gasteiger partial charge on any atom is 0.224 e. The maximum absolute atomic E-state index is 12.3. The molecule has 0 radical (unpaired) electrons. The summed E-state index contributed by atoms with van der Waals surface area (Å²) in [6.45, 7) is 1.94. The van der Waals surface area contributed by atoms with Crippen LogP contribution in [0.5, 0.6) is 0 Å². The Balaban J connectivity index is 2.06. The zero-order chi connectivity index (χ0) is 16.7. The molecule has 0 aliphatic carbocycles. The predicted molar refractivity (Wildman–Crippen MR) is 92.7 cm³/mol. The highest BCUT2D eigenvalue weighted by Gasteiger charge is 2.13. The SMILES string of the molecule is CCCC(=O)Nc1cccc(CS(=O)(=O)Cc2ccccc2)c1. The van der Waals surface area contributed by atoms with Gasteiger partial charge in [-0.15, -0.1) is 0 Å². The Kier molecular flexibility index (Phi) is 5.93. The van der Waals surface area contributed by atoms with E-state index in [1.807, 2.05) is 25.1 Å². The smallest absolute Gasteiger partial charge is 0.224 e. The molecule has 0 aliphatic heterocycles. The first kappa shape index (κ1) is 17.2. The summed E-state index contributed by atoms with van der Waals surface area (Å²) in [5.74, 6) is -0.0867. The molecule has 0 aliphatic rings. The van der Waals surface area contributed by atoms with Crippen molar-refractivity contribution < 1.29 is 13.2 Å². The summed E-state index contributed by atoms with van der Waals surface area (Å²) >= 11 is 0. The number of carbonyl (C=O) groups is 1. The van der Waals surface area contributed by atoms with Crippen LogP contribution >= 0.6 is 0 Å². The molecule has 0 unspecified atom stereocenters. The van der Waals surface area contributed by atoms with Crippen LogP contribution in [0.25, 0.3) is 0 Å². The molecule has 0 aromatic heterocycles. The van der Waals surface area contributed by atoms with Crippen LogP contribution in [0, 0.1) is 0 Å². The van der Waals surface area contributed by atoms with Gasteiger partial charge in [-0.25, -0.2) is 8.42 Å². The van der Waals surface area contributed by atoms with Crippen LogP contribution in [0.2, 0.25) is 0 Å². The fraction of sp³-hybridized carbons (Fsp3) is 0.278. The molecular weight excluding hydrogens is 310 g/mol. The summed E-state index contributed by atoms with van der Waals surface area (Å²) in [7, 11) is -3.26. The highest BCUT2D eigenvalue weighted by molar-refractivity contribution is 7.89. The Bertz CT molecular complexity index is 755. The van der Waals surface area contributed by atoms with Crippen molar-refractivity contribution in [3.05, 3.63) is 65.7 Å². The normalized spacial score (nSPS) is 11.2. The van der Waals surface area contributed by atoms with E-state index in [0.717, 1.165) is 12.0 Å². The number of hydrogen-bond acceptors (Lipinski definition) is 3. The van der Waals surface area contributed by atoms with Crippen molar-refractivity contribution in [2.24, 2.45) is 0 Å². The van der Waals surface area contributed by atoms with Gasteiger partial charge in [0.15, 0.2) is 9.84 Å². The zero-order valence-corrected chi connectivity index (χ0v) is 14.0. The lowest BCUT2D eigenvalue weighted by Gasteiger charge is -2.08. The number of carbonyl (C=O) groups excluding carboxylic acids is 1. The predicted octanol–water partition coefficient (Wildman–Crippen LogP) is 3.54. The third-order valence-electron chi connectivity index (χ3n) is 3.30. The van der Waals surface area contributed by atoms with Crippen molar-refractivity contribution in [2.45, 2.75) is 31.3 Å². The van der Waals surface area contributed by atoms with Crippen molar-refractivity contribution in [3.8, 4) is 0 Å². The van der Waals surface area contributed by atoms with E-state index in [4.69, 9.17) is 0 Å². The molecule has 0 heterocycles. The third-order valence-corrected chi connectivity index (χ3v) is 4.85. The second-order valence-electron chi connectivity index (χ2n) is 5.52. The van der Waals surface area contributed by atoms with Crippen LogP contribution in [-0.2, 0) is 26.1 Å². The van der Waals surface area contributed by atoms with Gasteiger partial charge < -0.3 is 5.32 Å². The van der Waals surface area contributed by atoms with Crippen LogP contribution in [0.3, 0.4) is 0 Å². The highest BCUT2D eigenvalue weighted by Crippen LogP contribution is 2.16. The minimum absolute atomic E-state index is 0.0141. The first-order valence-electron chi connectivity index (χ1n) is 7.61. The molecule has 0 spiro atoms. The second kappa shape index (κ2) is 7.92. The largest absolute Gasteiger partial charge is 0.326 e. The molecule has 23 heavy (non-hydrogen) atoms. The molecule has 2 rings (SSSR count). The Morgan fingerprint density at radius 2 is 1.61 bits per heavy atom.